The third kappa shape index (κ3) is 4.51. The highest BCUT2D eigenvalue weighted by Crippen LogP contribution is 2.20. The van der Waals surface area contributed by atoms with Crippen LogP contribution < -0.4 is 15.4 Å². The second kappa shape index (κ2) is 9.01. The van der Waals surface area contributed by atoms with Gasteiger partial charge >= 0.3 is 0 Å². The lowest BCUT2D eigenvalue weighted by Crippen LogP contribution is -2.24. The van der Waals surface area contributed by atoms with Gasteiger partial charge in [0.25, 0.3) is 0 Å². The Morgan fingerprint density at radius 3 is 2.66 bits per heavy atom. The summed E-state index contributed by atoms with van der Waals surface area (Å²) in [6, 6.07) is 15.7. The molecule has 0 radical (unpaired) electrons. The topological polar surface area (TPSA) is 107 Å². The van der Waals surface area contributed by atoms with Crippen molar-refractivity contribution in [1.82, 2.24) is 30.3 Å². The molecule has 2 aromatic carbocycles. The van der Waals surface area contributed by atoms with E-state index in [2.05, 4.69) is 43.0 Å². The van der Waals surface area contributed by atoms with Gasteiger partial charge in [-0.15, -0.1) is 5.10 Å². The molecule has 0 spiro atoms. The van der Waals surface area contributed by atoms with E-state index in [9.17, 15) is 4.79 Å². The van der Waals surface area contributed by atoms with Crippen LogP contribution >= 0.6 is 0 Å². The standard InChI is InChI=1S/C23H23N7O2/c31-21-4-2-14-32-19-11-9-18(10-12-19)30-22-20(28-29-30)15-25-23(27-22)26-17-7-5-16(6-8-17)3-1-13-24-21/h5-12,15H,1-4,13-14H2,(H,24,31)(H,25,26,27). The molecule has 2 aromatic heterocycles. The highest BCUT2D eigenvalue weighted by atomic mass is 16.5. The molecule has 2 N–H and O–H groups in total. The Kier molecular flexibility index (Phi) is 5.61. The molecule has 32 heavy (non-hydrogen) atoms. The van der Waals surface area contributed by atoms with Crippen LogP contribution in [-0.2, 0) is 11.2 Å². The lowest BCUT2D eigenvalue weighted by atomic mass is 10.1. The summed E-state index contributed by atoms with van der Waals surface area (Å²) in [6.45, 7) is 1.14. The van der Waals surface area contributed by atoms with E-state index in [1.807, 2.05) is 36.4 Å². The number of aromatic nitrogens is 5. The third-order valence-electron chi connectivity index (χ3n) is 5.27. The van der Waals surface area contributed by atoms with Gasteiger partial charge in [0.05, 0.1) is 18.5 Å². The van der Waals surface area contributed by atoms with Crippen LogP contribution in [0.15, 0.2) is 54.7 Å². The van der Waals surface area contributed by atoms with Crippen molar-refractivity contribution in [2.45, 2.75) is 25.7 Å². The Balaban J connectivity index is 1.44. The zero-order valence-corrected chi connectivity index (χ0v) is 17.5. The molecular weight excluding hydrogens is 406 g/mol. The van der Waals surface area contributed by atoms with Gasteiger partial charge in [0, 0.05) is 18.7 Å². The lowest BCUT2D eigenvalue weighted by Gasteiger charge is -2.10. The smallest absolute Gasteiger partial charge is 0.229 e. The molecule has 6 heterocycles. The van der Waals surface area contributed by atoms with Crippen LogP contribution in [0.1, 0.15) is 24.8 Å². The Morgan fingerprint density at radius 2 is 1.81 bits per heavy atom. The van der Waals surface area contributed by atoms with Crippen molar-refractivity contribution < 1.29 is 9.53 Å². The number of rotatable bonds is 0. The normalized spacial score (nSPS) is 14.9. The molecule has 0 atom stereocenters. The fraction of sp³-hybridized carbons (Fsp3) is 0.261. The summed E-state index contributed by atoms with van der Waals surface area (Å²) in [5.41, 5.74) is 4.14. The molecule has 0 aliphatic carbocycles. The first-order valence-electron chi connectivity index (χ1n) is 10.7. The second-order valence-corrected chi connectivity index (χ2v) is 7.63. The van der Waals surface area contributed by atoms with Crippen molar-refractivity contribution in [1.29, 1.82) is 0 Å². The lowest BCUT2D eigenvalue weighted by molar-refractivity contribution is -0.121. The number of nitrogens with zero attached hydrogens (tertiary/aromatic N) is 5. The van der Waals surface area contributed by atoms with Gasteiger partial charge in [-0.1, -0.05) is 17.3 Å². The fourth-order valence-electron chi connectivity index (χ4n) is 3.56. The van der Waals surface area contributed by atoms with Crippen molar-refractivity contribution in [3.63, 3.8) is 0 Å². The molecule has 4 aromatic rings. The summed E-state index contributed by atoms with van der Waals surface area (Å²) < 4.78 is 7.44. The molecular formula is C23H23N7O2. The van der Waals surface area contributed by atoms with Crippen molar-refractivity contribution in [2.24, 2.45) is 0 Å². The first kappa shape index (κ1) is 19.9. The Bertz CT molecular complexity index is 1220. The van der Waals surface area contributed by atoms with E-state index in [4.69, 9.17) is 4.74 Å². The molecule has 6 bridgehead atoms. The van der Waals surface area contributed by atoms with Crippen molar-refractivity contribution in [3.05, 3.63) is 60.3 Å². The minimum atomic E-state index is 0.0574. The van der Waals surface area contributed by atoms with Crippen LogP contribution in [0.3, 0.4) is 0 Å². The molecule has 162 valence electrons. The molecule has 0 saturated carbocycles. The van der Waals surface area contributed by atoms with E-state index >= 15 is 0 Å². The molecule has 9 heteroatoms. The highest BCUT2D eigenvalue weighted by molar-refractivity contribution is 5.75. The van der Waals surface area contributed by atoms with Gasteiger partial charge in [-0.05, 0) is 61.2 Å². The zero-order chi connectivity index (χ0) is 21.8. The van der Waals surface area contributed by atoms with Crippen LogP contribution in [0.4, 0.5) is 11.6 Å². The quantitative estimate of drug-likeness (QED) is 0.442. The van der Waals surface area contributed by atoms with E-state index in [-0.39, 0.29) is 5.91 Å². The maximum atomic E-state index is 12.0. The van der Waals surface area contributed by atoms with E-state index < -0.39 is 0 Å². The number of hydrogen-bond donors (Lipinski definition) is 2. The van der Waals surface area contributed by atoms with Crippen molar-refractivity contribution in [2.75, 3.05) is 18.5 Å². The Labute approximate surface area is 184 Å². The van der Waals surface area contributed by atoms with Crippen LogP contribution in [0, 0.1) is 0 Å². The van der Waals surface area contributed by atoms with Gasteiger partial charge in [0.1, 0.15) is 5.75 Å². The molecule has 8 rings (SSSR count). The molecule has 4 aliphatic heterocycles. The predicted molar refractivity (Wildman–Crippen MR) is 120 cm³/mol. The number of nitrogens with one attached hydrogen (secondary N) is 2. The number of carbonyl (C=O) groups excluding carboxylic acids is 1. The average Bonchev–Trinajstić information content (AvgIpc) is 3.24. The highest BCUT2D eigenvalue weighted by Gasteiger charge is 2.11. The van der Waals surface area contributed by atoms with Crippen molar-refractivity contribution in [3.8, 4) is 11.4 Å². The first-order chi connectivity index (χ1) is 15.7. The fourth-order valence-corrected chi connectivity index (χ4v) is 3.56. The Morgan fingerprint density at radius 1 is 0.969 bits per heavy atom. The summed E-state index contributed by atoms with van der Waals surface area (Å²) in [7, 11) is 0. The van der Waals surface area contributed by atoms with E-state index in [1.54, 1.807) is 10.9 Å². The van der Waals surface area contributed by atoms with E-state index in [1.165, 1.54) is 5.56 Å². The summed E-state index contributed by atoms with van der Waals surface area (Å²) in [5.74, 6) is 1.27. The van der Waals surface area contributed by atoms with Crippen molar-refractivity contribution >= 4 is 28.7 Å². The van der Waals surface area contributed by atoms with Gasteiger partial charge < -0.3 is 15.4 Å². The Hall–Kier alpha value is -4.01. The summed E-state index contributed by atoms with van der Waals surface area (Å²) in [5, 5.41) is 14.6. The molecule has 9 nitrogen and oxygen atoms in total. The van der Waals surface area contributed by atoms with Gasteiger partial charge in [-0.2, -0.15) is 9.67 Å². The number of hydrogen-bond acceptors (Lipinski definition) is 7. The predicted octanol–water partition coefficient (Wildman–Crippen LogP) is 3.18. The first-order valence-corrected chi connectivity index (χ1v) is 10.7. The second-order valence-electron chi connectivity index (χ2n) is 7.63. The molecule has 0 saturated heterocycles. The monoisotopic (exact) mass is 429 g/mol. The molecule has 1 amide bonds. The number of aryl methyl sites for hydroxylation is 1. The summed E-state index contributed by atoms with van der Waals surface area (Å²) in [4.78, 5) is 21.0. The van der Waals surface area contributed by atoms with Gasteiger partial charge in [-0.25, -0.2) is 4.98 Å². The van der Waals surface area contributed by atoms with Crippen LogP contribution in [0.25, 0.3) is 16.9 Å². The summed E-state index contributed by atoms with van der Waals surface area (Å²) >= 11 is 0. The molecule has 0 fully saturated rings. The zero-order valence-electron chi connectivity index (χ0n) is 17.5. The maximum absolute atomic E-state index is 12.0. The van der Waals surface area contributed by atoms with E-state index in [0.717, 1.165) is 30.0 Å². The van der Waals surface area contributed by atoms with Gasteiger partial charge in [0.2, 0.25) is 11.9 Å². The maximum Gasteiger partial charge on any atom is 0.229 e. The number of anilines is 2. The molecule has 4 aliphatic rings. The number of amides is 1. The summed E-state index contributed by atoms with van der Waals surface area (Å²) in [6.07, 6.45) is 4.55. The van der Waals surface area contributed by atoms with E-state index in [0.29, 0.717) is 43.1 Å². The van der Waals surface area contributed by atoms with Crippen LogP contribution in [-0.4, -0.2) is 44.0 Å². The number of benzene rings is 2. The minimum Gasteiger partial charge on any atom is -0.494 e. The minimum absolute atomic E-state index is 0.0574. The average molecular weight is 429 g/mol. The third-order valence-corrected chi connectivity index (χ3v) is 5.27. The molecule has 0 unspecified atom stereocenters. The SMILES string of the molecule is O=C1CCCOc2ccc(cc2)-n2nnc3cnc(nc32)Nc2ccc(cc2)CCCN1. The number of ether oxygens (including phenoxy) is 1. The number of carbonyl (C=O) groups is 1. The van der Waals surface area contributed by atoms with Crippen LogP contribution in [0.2, 0.25) is 0 Å². The van der Waals surface area contributed by atoms with Crippen LogP contribution in [0.5, 0.6) is 5.75 Å². The van der Waals surface area contributed by atoms with Gasteiger partial charge in [-0.3, -0.25) is 4.79 Å². The largest absolute Gasteiger partial charge is 0.494 e. The van der Waals surface area contributed by atoms with Gasteiger partial charge in [0.15, 0.2) is 11.2 Å².